The van der Waals surface area contributed by atoms with Crippen LogP contribution in [0.3, 0.4) is 0 Å². The van der Waals surface area contributed by atoms with Crippen molar-refractivity contribution in [3.63, 3.8) is 0 Å². The van der Waals surface area contributed by atoms with Gasteiger partial charge >= 0.3 is 0 Å². The summed E-state index contributed by atoms with van der Waals surface area (Å²) in [6.45, 7) is 17.9. The van der Waals surface area contributed by atoms with Crippen molar-refractivity contribution >= 4 is 38.0 Å². The summed E-state index contributed by atoms with van der Waals surface area (Å²) in [5, 5.41) is 0.281. The van der Waals surface area contributed by atoms with E-state index in [9.17, 15) is 9.59 Å². The Morgan fingerprint density at radius 1 is 1.19 bits per heavy atom. The van der Waals surface area contributed by atoms with Crippen LogP contribution >= 0.6 is 11.6 Å². The summed E-state index contributed by atoms with van der Waals surface area (Å²) in [6, 6.07) is 3.49. The molecule has 1 aliphatic rings. The Hall–Kier alpha value is -1.65. The van der Waals surface area contributed by atoms with Gasteiger partial charge in [-0.1, -0.05) is 58.1 Å². The molecule has 170 valence electrons. The van der Waals surface area contributed by atoms with Gasteiger partial charge < -0.3 is 14.2 Å². The number of hydrogen-bond donors (Lipinski definition) is 0. The highest BCUT2D eigenvalue weighted by Gasteiger charge is 2.37. The predicted octanol–water partition coefficient (Wildman–Crippen LogP) is 4.37. The van der Waals surface area contributed by atoms with Crippen molar-refractivity contribution in [3.8, 4) is 11.8 Å². The molecule has 0 saturated carbocycles. The van der Waals surface area contributed by atoms with E-state index in [-0.39, 0.29) is 16.5 Å². The van der Waals surface area contributed by atoms with Crippen LogP contribution in [0, 0.1) is 17.3 Å². The van der Waals surface area contributed by atoms with E-state index >= 15 is 0 Å². The maximum atomic E-state index is 12.6. The lowest BCUT2D eigenvalue weighted by molar-refractivity contribution is -0.114. The van der Waals surface area contributed by atoms with Crippen LogP contribution in [-0.2, 0) is 9.22 Å². The number of carbonyl (C=O) groups is 2. The van der Waals surface area contributed by atoms with E-state index in [1.165, 1.54) is 0 Å². The van der Waals surface area contributed by atoms with Gasteiger partial charge in [0.05, 0.1) is 22.4 Å². The van der Waals surface area contributed by atoms with Gasteiger partial charge in [-0.05, 0) is 43.7 Å². The van der Waals surface area contributed by atoms with Crippen LogP contribution in [0.2, 0.25) is 18.1 Å². The summed E-state index contributed by atoms with van der Waals surface area (Å²) in [6.07, 6.45) is 0.678. The molecule has 2 rings (SSSR count). The fraction of sp³-hybridized carbons (Fsp3) is 0.583. The first-order chi connectivity index (χ1) is 14.5. The lowest BCUT2D eigenvalue weighted by atomic mass is 9.87. The standard InChI is InChI=1S/C24H35ClN2O3Si/c1-8-26(9-2)13-14-27-19-16-17(15-18(25)21(19)22(28)23(27)29)11-10-12-20(24(3,4)5)30-31(6)7/h15-16,20,31H,8-9,12-14H2,1-7H3. The summed E-state index contributed by atoms with van der Waals surface area (Å²) >= 11 is 6.40. The molecule has 1 aromatic rings. The predicted molar refractivity (Wildman–Crippen MR) is 131 cm³/mol. The van der Waals surface area contributed by atoms with Crippen molar-refractivity contribution in [3.05, 3.63) is 28.3 Å². The number of fused-ring (bicyclic) bond motifs is 1. The molecular weight excluding hydrogens is 428 g/mol. The number of nitrogens with zero attached hydrogens (tertiary/aromatic N) is 2. The number of carbonyl (C=O) groups excluding carboxylic acids is 2. The van der Waals surface area contributed by atoms with Crippen LogP contribution in [0.15, 0.2) is 12.1 Å². The molecule has 1 aliphatic heterocycles. The Balaban J connectivity index is 2.28. The molecule has 1 atom stereocenters. The molecule has 1 unspecified atom stereocenters. The molecule has 0 aliphatic carbocycles. The Morgan fingerprint density at radius 2 is 1.84 bits per heavy atom. The first-order valence-corrected chi connectivity index (χ1v) is 14.2. The zero-order valence-electron chi connectivity index (χ0n) is 19.8. The molecule has 0 N–H and O–H groups in total. The third-order valence-corrected chi connectivity index (χ3v) is 6.65. The first kappa shape index (κ1) is 25.6. The average Bonchev–Trinajstić information content (AvgIpc) is 2.91. The number of Topliss-reactive ketones (excluding diaryl/α,β-unsaturated/α-hetero) is 1. The number of hydrogen-bond acceptors (Lipinski definition) is 4. The normalized spacial score (nSPS) is 14.8. The van der Waals surface area contributed by atoms with E-state index in [1.807, 2.05) is 6.07 Å². The summed E-state index contributed by atoms with van der Waals surface area (Å²) in [7, 11) is -1.18. The number of amides is 1. The molecule has 0 radical (unpaired) electrons. The third-order valence-electron chi connectivity index (χ3n) is 5.48. The van der Waals surface area contributed by atoms with Crippen LogP contribution in [0.4, 0.5) is 5.69 Å². The van der Waals surface area contributed by atoms with Crippen molar-refractivity contribution < 1.29 is 14.0 Å². The van der Waals surface area contributed by atoms with Crippen molar-refractivity contribution in [2.45, 2.75) is 60.2 Å². The van der Waals surface area contributed by atoms with Crippen molar-refractivity contribution in [1.29, 1.82) is 0 Å². The van der Waals surface area contributed by atoms with Gasteiger partial charge in [0, 0.05) is 25.1 Å². The van der Waals surface area contributed by atoms with Gasteiger partial charge in [0.25, 0.3) is 11.7 Å². The summed E-state index contributed by atoms with van der Waals surface area (Å²) < 4.78 is 6.18. The lowest BCUT2D eigenvalue weighted by Gasteiger charge is -2.31. The molecule has 0 fully saturated rings. The Kier molecular flexibility index (Phi) is 8.90. The van der Waals surface area contributed by atoms with E-state index in [1.54, 1.807) is 11.0 Å². The van der Waals surface area contributed by atoms with Crippen LogP contribution in [0.1, 0.15) is 57.0 Å². The maximum absolute atomic E-state index is 12.6. The minimum atomic E-state index is -1.18. The van der Waals surface area contributed by atoms with Crippen molar-refractivity contribution in [2.24, 2.45) is 5.41 Å². The summed E-state index contributed by atoms with van der Waals surface area (Å²) in [5.74, 6) is 5.34. The molecule has 0 spiro atoms. The number of benzene rings is 1. The van der Waals surface area contributed by atoms with Crippen LogP contribution in [0.25, 0.3) is 0 Å². The van der Waals surface area contributed by atoms with Gasteiger partial charge in [-0.15, -0.1) is 0 Å². The van der Waals surface area contributed by atoms with Gasteiger partial charge in [-0.25, -0.2) is 0 Å². The van der Waals surface area contributed by atoms with E-state index in [4.69, 9.17) is 16.0 Å². The monoisotopic (exact) mass is 462 g/mol. The number of rotatable bonds is 8. The zero-order valence-corrected chi connectivity index (χ0v) is 21.8. The Bertz CT molecular complexity index is 879. The molecule has 31 heavy (non-hydrogen) atoms. The Morgan fingerprint density at radius 3 is 2.39 bits per heavy atom. The molecule has 5 nitrogen and oxygen atoms in total. The molecule has 1 heterocycles. The molecule has 1 amide bonds. The quantitative estimate of drug-likeness (QED) is 0.327. The maximum Gasteiger partial charge on any atom is 0.299 e. The van der Waals surface area contributed by atoms with Gasteiger partial charge in [0.1, 0.15) is 0 Å². The third kappa shape index (κ3) is 6.42. The molecule has 0 bridgehead atoms. The van der Waals surface area contributed by atoms with E-state index < -0.39 is 20.7 Å². The lowest BCUT2D eigenvalue weighted by Crippen LogP contribution is -2.38. The second-order valence-electron chi connectivity index (χ2n) is 9.21. The second kappa shape index (κ2) is 10.8. The molecule has 7 heteroatoms. The minimum absolute atomic E-state index is 0.00158. The van der Waals surface area contributed by atoms with Crippen molar-refractivity contribution in [2.75, 3.05) is 31.1 Å². The smallest absolute Gasteiger partial charge is 0.299 e. The second-order valence-corrected chi connectivity index (χ2v) is 12.0. The molecule has 0 saturated heterocycles. The van der Waals surface area contributed by atoms with E-state index in [0.717, 1.165) is 13.1 Å². The molecule has 1 aromatic carbocycles. The van der Waals surface area contributed by atoms with Crippen LogP contribution < -0.4 is 4.90 Å². The number of anilines is 1. The van der Waals surface area contributed by atoms with E-state index in [2.05, 4.69) is 64.5 Å². The van der Waals surface area contributed by atoms with Gasteiger partial charge in [0.15, 0.2) is 9.04 Å². The highest BCUT2D eigenvalue weighted by Crippen LogP contribution is 2.35. The Labute approximate surface area is 193 Å². The first-order valence-electron chi connectivity index (χ1n) is 11.1. The number of ketones is 1. The highest BCUT2D eigenvalue weighted by atomic mass is 35.5. The van der Waals surface area contributed by atoms with Gasteiger partial charge in [-0.3, -0.25) is 9.59 Å². The fourth-order valence-electron chi connectivity index (χ4n) is 3.58. The topological polar surface area (TPSA) is 49.9 Å². The molecule has 0 aromatic heterocycles. The number of likely N-dealkylation sites (N-methyl/N-ethyl adjacent to an activating group) is 1. The largest absolute Gasteiger partial charge is 0.416 e. The minimum Gasteiger partial charge on any atom is -0.416 e. The SMILES string of the molecule is CCN(CC)CCN1C(=O)C(=O)c2c(Cl)cc(C#CCC(O[SiH](C)C)C(C)(C)C)cc21. The zero-order chi connectivity index (χ0) is 23.3. The van der Waals surface area contributed by atoms with Crippen LogP contribution in [0.5, 0.6) is 0 Å². The van der Waals surface area contributed by atoms with Crippen LogP contribution in [-0.4, -0.2) is 57.9 Å². The molecular formula is C24H35ClN2O3Si. The highest BCUT2D eigenvalue weighted by molar-refractivity contribution is 6.55. The van der Waals surface area contributed by atoms with Crippen molar-refractivity contribution in [1.82, 2.24) is 4.90 Å². The van der Waals surface area contributed by atoms with Gasteiger partial charge in [-0.2, -0.15) is 0 Å². The average molecular weight is 463 g/mol. The summed E-state index contributed by atoms with van der Waals surface area (Å²) in [4.78, 5) is 28.8. The summed E-state index contributed by atoms with van der Waals surface area (Å²) in [5.41, 5.74) is 1.56. The van der Waals surface area contributed by atoms with E-state index in [0.29, 0.717) is 36.3 Å². The van der Waals surface area contributed by atoms with Gasteiger partial charge in [0.2, 0.25) is 0 Å². The fourth-order valence-corrected chi connectivity index (χ4v) is 5.04. The number of halogens is 1.